The molecule has 2 aromatic carbocycles. The van der Waals surface area contributed by atoms with E-state index < -0.39 is 0 Å². The summed E-state index contributed by atoms with van der Waals surface area (Å²) in [6, 6.07) is 17.9. The van der Waals surface area contributed by atoms with Gasteiger partial charge in [-0.2, -0.15) is 0 Å². The van der Waals surface area contributed by atoms with E-state index in [1.54, 1.807) is 0 Å². The molecular formula is C27H36O. The van der Waals surface area contributed by atoms with E-state index >= 15 is 0 Å². The van der Waals surface area contributed by atoms with Gasteiger partial charge in [-0.05, 0) is 72.1 Å². The molecule has 1 unspecified atom stereocenters. The van der Waals surface area contributed by atoms with Gasteiger partial charge in [0, 0.05) is 6.42 Å². The number of benzene rings is 2. The van der Waals surface area contributed by atoms with Crippen molar-refractivity contribution in [3.63, 3.8) is 0 Å². The number of aliphatic hydroxyl groups excluding tert-OH is 1. The van der Waals surface area contributed by atoms with Crippen molar-refractivity contribution >= 4 is 0 Å². The summed E-state index contributed by atoms with van der Waals surface area (Å²) in [4.78, 5) is 0. The van der Waals surface area contributed by atoms with Crippen molar-refractivity contribution in [1.29, 1.82) is 0 Å². The van der Waals surface area contributed by atoms with Crippen molar-refractivity contribution < 1.29 is 5.11 Å². The lowest BCUT2D eigenvalue weighted by molar-refractivity contribution is 0.206. The molecule has 0 heterocycles. The van der Waals surface area contributed by atoms with E-state index in [4.69, 9.17) is 0 Å². The maximum absolute atomic E-state index is 10.6. The molecule has 1 heteroatoms. The molecule has 1 N–H and O–H groups in total. The Morgan fingerprint density at radius 2 is 1.46 bits per heavy atom. The lowest BCUT2D eigenvalue weighted by Gasteiger charge is -2.32. The van der Waals surface area contributed by atoms with Crippen LogP contribution in [-0.2, 0) is 19.3 Å². The summed E-state index contributed by atoms with van der Waals surface area (Å²) in [6.45, 7) is 11.4. The minimum absolute atomic E-state index is 0.173. The van der Waals surface area contributed by atoms with Gasteiger partial charge in [0.25, 0.3) is 0 Å². The minimum Gasteiger partial charge on any atom is -0.512 e. The first-order valence-electron chi connectivity index (χ1n) is 10.8. The first kappa shape index (κ1) is 20.7. The molecule has 0 saturated carbocycles. The summed E-state index contributed by atoms with van der Waals surface area (Å²) >= 11 is 0. The van der Waals surface area contributed by atoms with Crippen LogP contribution in [0.25, 0.3) is 0 Å². The third-order valence-corrected chi connectivity index (χ3v) is 6.31. The largest absolute Gasteiger partial charge is 0.512 e. The molecule has 0 spiro atoms. The van der Waals surface area contributed by atoms with Gasteiger partial charge in [0.2, 0.25) is 0 Å². The number of aryl methyl sites for hydroxylation is 1. The summed E-state index contributed by atoms with van der Waals surface area (Å²) in [5, 5.41) is 10.6. The molecule has 28 heavy (non-hydrogen) atoms. The Bertz CT molecular complexity index is 806. The van der Waals surface area contributed by atoms with Crippen LogP contribution in [0.1, 0.15) is 62.8 Å². The number of hydrogen-bond donors (Lipinski definition) is 1. The SMILES string of the molecule is Cc1ccc(CC(C)(C)C2CC(O)=C(Cc3ccc(CC(C)C)cc3)C2)cc1. The highest BCUT2D eigenvalue weighted by molar-refractivity contribution is 5.30. The van der Waals surface area contributed by atoms with E-state index in [-0.39, 0.29) is 5.41 Å². The van der Waals surface area contributed by atoms with Crippen LogP contribution in [0.4, 0.5) is 0 Å². The Kier molecular flexibility index (Phi) is 6.33. The van der Waals surface area contributed by atoms with Gasteiger partial charge in [0.05, 0.1) is 5.76 Å². The van der Waals surface area contributed by atoms with E-state index in [0.717, 1.165) is 32.1 Å². The Labute approximate surface area is 171 Å². The van der Waals surface area contributed by atoms with Crippen LogP contribution in [0.5, 0.6) is 0 Å². The molecule has 1 atom stereocenters. The molecule has 3 rings (SSSR count). The summed E-state index contributed by atoms with van der Waals surface area (Å²) in [5.74, 6) is 1.82. The lowest BCUT2D eigenvalue weighted by atomic mass is 9.72. The van der Waals surface area contributed by atoms with Gasteiger partial charge in [-0.15, -0.1) is 0 Å². The predicted octanol–water partition coefficient (Wildman–Crippen LogP) is 7.23. The molecule has 0 saturated heterocycles. The fourth-order valence-electron chi connectivity index (χ4n) is 4.48. The Hall–Kier alpha value is -2.02. The molecular weight excluding hydrogens is 340 g/mol. The third-order valence-electron chi connectivity index (χ3n) is 6.31. The zero-order valence-corrected chi connectivity index (χ0v) is 18.3. The monoisotopic (exact) mass is 376 g/mol. The molecule has 0 radical (unpaired) electrons. The van der Waals surface area contributed by atoms with Crippen LogP contribution in [-0.4, -0.2) is 5.11 Å². The lowest BCUT2D eigenvalue weighted by Crippen LogP contribution is -2.25. The first-order valence-corrected chi connectivity index (χ1v) is 10.8. The van der Waals surface area contributed by atoms with Crippen LogP contribution < -0.4 is 0 Å². The van der Waals surface area contributed by atoms with Crippen molar-refractivity contribution in [2.24, 2.45) is 17.3 Å². The van der Waals surface area contributed by atoms with Gasteiger partial charge in [0.15, 0.2) is 0 Å². The summed E-state index contributed by atoms with van der Waals surface area (Å²) in [7, 11) is 0. The van der Waals surface area contributed by atoms with Gasteiger partial charge in [-0.1, -0.05) is 81.8 Å². The number of rotatable bonds is 7. The summed E-state index contributed by atoms with van der Waals surface area (Å²) in [5.41, 5.74) is 6.82. The molecule has 1 aliphatic rings. The predicted molar refractivity (Wildman–Crippen MR) is 120 cm³/mol. The van der Waals surface area contributed by atoms with Gasteiger partial charge >= 0.3 is 0 Å². The van der Waals surface area contributed by atoms with Crippen LogP contribution in [0.2, 0.25) is 0 Å². The summed E-state index contributed by atoms with van der Waals surface area (Å²) in [6.07, 6.45) is 4.90. The third kappa shape index (κ3) is 5.28. The van der Waals surface area contributed by atoms with E-state index in [2.05, 4.69) is 83.1 Å². The zero-order chi connectivity index (χ0) is 20.3. The standard InChI is InChI=1S/C27H36O/c1-19(2)14-21-10-12-22(13-11-21)15-24-16-25(17-26(24)28)27(4,5)18-23-8-6-20(3)7-9-23/h6-13,19,25,28H,14-18H2,1-5H3. The zero-order valence-electron chi connectivity index (χ0n) is 18.3. The van der Waals surface area contributed by atoms with Gasteiger partial charge in [-0.25, -0.2) is 0 Å². The van der Waals surface area contributed by atoms with Gasteiger partial charge in [0.1, 0.15) is 0 Å². The van der Waals surface area contributed by atoms with Crippen molar-refractivity contribution in [3.05, 3.63) is 82.1 Å². The van der Waals surface area contributed by atoms with Gasteiger partial charge in [-0.3, -0.25) is 0 Å². The average Bonchev–Trinajstić information content (AvgIpc) is 3.00. The number of hydrogen-bond acceptors (Lipinski definition) is 1. The van der Waals surface area contributed by atoms with Gasteiger partial charge < -0.3 is 5.11 Å². The molecule has 150 valence electrons. The summed E-state index contributed by atoms with van der Waals surface area (Å²) < 4.78 is 0. The highest BCUT2D eigenvalue weighted by Crippen LogP contribution is 2.44. The quantitative estimate of drug-likeness (QED) is 0.540. The highest BCUT2D eigenvalue weighted by atomic mass is 16.3. The van der Waals surface area contributed by atoms with Crippen LogP contribution in [0, 0.1) is 24.2 Å². The van der Waals surface area contributed by atoms with E-state index in [1.807, 2.05) is 0 Å². The molecule has 0 bridgehead atoms. The second-order valence-corrected chi connectivity index (χ2v) is 9.90. The number of aliphatic hydroxyl groups is 1. The van der Waals surface area contributed by atoms with E-state index in [9.17, 15) is 5.11 Å². The maximum atomic E-state index is 10.6. The topological polar surface area (TPSA) is 20.2 Å². The first-order chi connectivity index (χ1) is 13.2. The highest BCUT2D eigenvalue weighted by Gasteiger charge is 2.35. The average molecular weight is 377 g/mol. The van der Waals surface area contributed by atoms with Crippen molar-refractivity contribution in [1.82, 2.24) is 0 Å². The Balaban J connectivity index is 1.62. The Morgan fingerprint density at radius 3 is 2.07 bits per heavy atom. The Morgan fingerprint density at radius 1 is 0.893 bits per heavy atom. The molecule has 0 fully saturated rings. The minimum atomic E-state index is 0.173. The van der Waals surface area contributed by atoms with Crippen molar-refractivity contribution in [3.8, 4) is 0 Å². The van der Waals surface area contributed by atoms with Crippen LogP contribution in [0.3, 0.4) is 0 Å². The normalized spacial score (nSPS) is 17.6. The van der Waals surface area contributed by atoms with Crippen molar-refractivity contribution in [2.45, 2.75) is 66.7 Å². The van der Waals surface area contributed by atoms with E-state index in [1.165, 1.54) is 27.8 Å². The second kappa shape index (κ2) is 8.55. The maximum Gasteiger partial charge on any atom is 0.0921 e. The van der Waals surface area contributed by atoms with Crippen molar-refractivity contribution in [2.75, 3.05) is 0 Å². The molecule has 2 aromatic rings. The fraction of sp³-hybridized carbons (Fsp3) is 0.481. The fourth-order valence-corrected chi connectivity index (χ4v) is 4.48. The smallest absolute Gasteiger partial charge is 0.0921 e. The second-order valence-electron chi connectivity index (χ2n) is 9.90. The van der Waals surface area contributed by atoms with Crippen LogP contribution in [0.15, 0.2) is 59.9 Å². The molecule has 0 amide bonds. The molecule has 1 nitrogen and oxygen atoms in total. The van der Waals surface area contributed by atoms with Crippen LogP contribution >= 0.6 is 0 Å². The molecule has 1 aliphatic carbocycles. The molecule has 0 aromatic heterocycles. The molecule has 0 aliphatic heterocycles. The number of allylic oxidation sites excluding steroid dienone is 2. The van der Waals surface area contributed by atoms with E-state index in [0.29, 0.717) is 17.6 Å².